The lowest BCUT2D eigenvalue weighted by Crippen LogP contribution is -2.09. The van der Waals surface area contributed by atoms with Crippen molar-refractivity contribution in [3.8, 4) is 0 Å². The normalized spacial score (nSPS) is 12.0. The fraction of sp³-hybridized carbons (Fsp3) is 0.909. The second kappa shape index (κ2) is 20.4. The van der Waals surface area contributed by atoms with Crippen molar-refractivity contribution >= 4 is 0 Å². The van der Waals surface area contributed by atoms with Gasteiger partial charge in [0.2, 0.25) is 0 Å². The number of unbranched alkanes of at least 4 members (excludes halogenated alkanes) is 9. The molecule has 4 heteroatoms. The highest BCUT2D eigenvalue weighted by Crippen LogP contribution is 2.20. The minimum absolute atomic E-state index is 0.194. The van der Waals surface area contributed by atoms with E-state index in [-0.39, 0.29) is 6.79 Å². The van der Waals surface area contributed by atoms with Crippen LogP contribution in [0.1, 0.15) is 104 Å². The van der Waals surface area contributed by atoms with Gasteiger partial charge in [-0.15, -0.1) is 0 Å². The zero-order valence-corrected chi connectivity index (χ0v) is 17.9. The summed E-state index contributed by atoms with van der Waals surface area (Å²) in [6.45, 7) is 8.17. The molecule has 0 amide bonds. The molecule has 0 radical (unpaired) electrons. The van der Waals surface area contributed by atoms with Crippen LogP contribution in [0, 0.1) is 0 Å². The summed E-state index contributed by atoms with van der Waals surface area (Å²) in [7, 11) is 1.62. The SMILES string of the molecule is CCCCCCCCCC/C(OCCCC)=C(\OCCCC)OCOC. The second-order valence-corrected chi connectivity index (χ2v) is 6.89. The maximum atomic E-state index is 6.01. The third-order valence-corrected chi connectivity index (χ3v) is 4.30. The van der Waals surface area contributed by atoms with Gasteiger partial charge < -0.3 is 18.9 Å². The van der Waals surface area contributed by atoms with Crippen molar-refractivity contribution in [2.45, 2.75) is 104 Å². The Bertz CT molecular complexity index is 315. The van der Waals surface area contributed by atoms with Crippen LogP contribution in [0.4, 0.5) is 0 Å². The molecule has 0 saturated heterocycles. The lowest BCUT2D eigenvalue weighted by atomic mass is 10.1. The number of methoxy groups -OCH3 is 1. The standard InChI is InChI=1S/C22H44O4/c1-5-8-11-12-13-14-15-16-17-21(24-18-9-6-2)22(26-20-23-4)25-19-10-7-3/h5-20H2,1-4H3/b22-21-. The third-order valence-electron chi connectivity index (χ3n) is 4.30. The van der Waals surface area contributed by atoms with E-state index < -0.39 is 0 Å². The van der Waals surface area contributed by atoms with Crippen molar-refractivity contribution in [1.82, 2.24) is 0 Å². The molecule has 0 bridgehead atoms. The quantitative estimate of drug-likeness (QED) is 0.132. The van der Waals surface area contributed by atoms with E-state index in [1.54, 1.807) is 7.11 Å². The first-order valence-electron chi connectivity index (χ1n) is 10.9. The summed E-state index contributed by atoms with van der Waals surface area (Å²) in [6.07, 6.45) is 15.6. The minimum atomic E-state index is 0.194. The first-order valence-corrected chi connectivity index (χ1v) is 10.9. The van der Waals surface area contributed by atoms with Gasteiger partial charge in [0.15, 0.2) is 12.6 Å². The number of hydrogen-bond donors (Lipinski definition) is 0. The van der Waals surface area contributed by atoms with Crippen molar-refractivity contribution in [3.05, 3.63) is 11.7 Å². The van der Waals surface area contributed by atoms with Crippen molar-refractivity contribution in [1.29, 1.82) is 0 Å². The summed E-state index contributed by atoms with van der Waals surface area (Å²) in [5, 5.41) is 0. The molecule has 0 unspecified atom stereocenters. The van der Waals surface area contributed by atoms with Crippen molar-refractivity contribution < 1.29 is 18.9 Å². The fourth-order valence-corrected chi connectivity index (χ4v) is 2.62. The average molecular weight is 373 g/mol. The van der Waals surface area contributed by atoms with Crippen LogP contribution in [0.3, 0.4) is 0 Å². The molecule has 0 spiro atoms. The molecule has 0 heterocycles. The van der Waals surface area contributed by atoms with E-state index in [2.05, 4.69) is 20.8 Å². The molecule has 0 aromatic heterocycles. The molecule has 0 N–H and O–H groups in total. The molecule has 0 aliphatic heterocycles. The van der Waals surface area contributed by atoms with Gasteiger partial charge in [-0.25, -0.2) is 0 Å². The molecule has 26 heavy (non-hydrogen) atoms. The van der Waals surface area contributed by atoms with E-state index in [0.717, 1.165) is 50.9 Å². The Hall–Kier alpha value is -0.900. The van der Waals surface area contributed by atoms with Gasteiger partial charge in [0.1, 0.15) is 0 Å². The molecular weight excluding hydrogens is 328 g/mol. The van der Waals surface area contributed by atoms with E-state index in [9.17, 15) is 0 Å². The maximum Gasteiger partial charge on any atom is 0.321 e. The highest BCUT2D eigenvalue weighted by atomic mass is 16.7. The van der Waals surface area contributed by atoms with Crippen LogP contribution < -0.4 is 0 Å². The van der Waals surface area contributed by atoms with E-state index in [1.807, 2.05) is 0 Å². The van der Waals surface area contributed by atoms with Crippen LogP contribution in [0.5, 0.6) is 0 Å². The van der Waals surface area contributed by atoms with Crippen LogP contribution in [-0.2, 0) is 18.9 Å². The molecule has 0 atom stereocenters. The zero-order chi connectivity index (χ0) is 19.3. The number of allylic oxidation sites excluding steroid dienone is 1. The summed E-state index contributed by atoms with van der Waals surface area (Å²) in [5.74, 6) is 1.39. The topological polar surface area (TPSA) is 36.9 Å². The summed E-state index contributed by atoms with van der Waals surface area (Å²) < 4.78 is 22.6. The predicted molar refractivity (Wildman–Crippen MR) is 109 cm³/mol. The van der Waals surface area contributed by atoms with Gasteiger partial charge >= 0.3 is 5.95 Å². The molecule has 0 fully saturated rings. The van der Waals surface area contributed by atoms with Crippen LogP contribution >= 0.6 is 0 Å². The minimum Gasteiger partial charge on any atom is -0.491 e. The summed E-state index contributed by atoms with van der Waals surface area (Å²) in [4.78, 5) is 0. The van der Waals surface area contributed by atoms with Gasteiger partial charge in [0.25, 0.3) is 0 Å². The number of hydrogen-bond acceptors (Lipinski definition) is 4. The molecule has 156 valence electrons. The molecule has 4 nitrogen and oxygen atoms in total. The Kier molecular flexibility index (Phi) is 19.7. The Morgan fingerprint density at radius 3 is 1.69 bits per heavy atom. The highest BCUT2D eigenvalue weighted by molar-refractivity contribution is 4.95. The van der Waals surface area contributed by atoms with Crippen LogP contribution in [0.2, 0.25) is 0 Å². The molecule has 0 rings (SSSR count). The lowest BCUT2D eigenvalue weighted by molar-refractivity contribution is -0.0690. The van der Waals surface area contributed by atoms with Crippen LogP contribution in [-0.4, -0.2) is 27.1 Å². The smallest absolute Gasteiger partial charge is 0.321 e. The molecule has 0 aliphatic rings. The largest absolute Gasteiger partial charge is 0.491 e. The molecular formula is C22H44O4. The number of ether oxygens (including phenoxy) is 4. The van der Waals surface area contributed by atoms with Gasteiger partial charge in [0.05, 0.1) is 13.2 Å². The fourth-order valence-electron chi connectivity index (χ4n) is 2.62. The summed E-state index contributed by atoms with van der Waals surface area (Å²) >= 11 is 0. The van der Waals surface area contributed by atoms with E-state index in [4.69, 9.17) is 18.9 Å². The van der Waals surface area contributed by atoms with E-state index in [0.29, 0.717) is 12.6 Å². The predicted octanol–water partition coefficient (Wildman–Crippen LogP) is 6.94. The summed E-state index contributed by atoms with van der Waals surface area (Å²) in [6, 6.07) is 0. The average Bonchev–Trinajstić information content (AvgIpc) is 2.65. The van der Waals surface area contributed by atoms with E-state index >= 15 is 0 Å². The summed E-state index contributed by atoms with van der Waals surface area (Å²) in [5.41, 5.74) is 0. The van der Waals surface area contributed by atoms with Gasteiger partial charge in [-0.05, 0) is 19.3 Å². The Balaban J connectivity index is 4.43. The molecule has 0 aromatic carbocycles. The molecule has 0 aliphatic carbocycles. The van der Waals surface area contributed by atoms with Crippen molar-refractivity contribution in [2.24, 2.45) is 0 Å². The van der Waals surface area contributed by atoms with Gasteiger partial charge in [-0.2, -0.15) is 0 Å². The Morgan fingerprint density at radius 1 is 0.577 bits per heavy atom. The number of rotatable bonds is 20. The highest BCUT2D eigenvalue weighted by Gasteiger charge is 2.12. The zero-order valence-electron chi connectivity index (χ0n) is 17.9. The molecule has 0 aromatic rings. The molecule has 0 saturated carbocycles. The second-order valence-electron chi connectivity index (χ2n) is 6.89. The lowest BCUT2D eigenvalue weighted by Gasteiger charge is -2.17. The van der Waals surface area contributed by atoms with E-state index in [1.165, 1.54) is 44.9 Å². The first kappa shape index (κ1) is 25.1. The van der Waals surface area contributed by atoms with Crippen molar-refractivity contribution in [2.75, 3.05) is 27.1 Å². The van der Waals surface area contributed by atoms with Crippen LogP contribution in [0.25, 0.3) is 0 Å². The maximum absolute atomic E-state index is 6.01. The van der Waals surface area contributed by atoms with Crippen LogP contribution in [0.15, 0.2) is 11.7 Å². The van der Waals surface area contributed by atoms with Gasteiger partial charge in [0, 0.05) is 13.5 Å². The first-order chi connectivity index (χ1) is 12.8. The van der Waals surface area contributed by atoms with Gasteiger partial charge in [-0.3, -0.25) is 0 Å². The monoisotopic (exact) mass is 372 g/mol. The Morgan fingerprint density at radius 2 is 1.12 bits per heavy atom. The third kappa shape index (κ3) is 15.4. The van der Waals surface area contributed by atoms with Crippen molar-refractivity contribution in [3.63, 3.8) is 0 Å². The van der Waals surface area contributed by atoms with Gasteiger partial charge in [-0.1, -0.05) is 78.6 Å². The Labute approximate surface area is 162 Å².